The molecule has 0 aliphatic heterocycles. The fraction of sp³-hybridized carbons (Fsp3) is 0.471. The van der Waals surface area contributed by atoms with Crippen LogP contribution in [0.5, 0.6) is 5.75 Å². The molecule has 0 atom stereocenters. The minimum absolute atomic E-state index is 0.342. The van der Waals surface area contributed by atoms with E-state index in [0.717, 1.165) is 30.4 Å². The standard InChI is InChI=1S/C17H22Cl2O3/c1-4-6-7-8-22-17-14(18)10-13(11-15(17)19)12(3)9-16(20)21-5-2/h9-11H,4-8H2,1-3H3/b12-9-. The number of unbranched alkanes of at least 4 members (excludes halogenated alkanes) is 2. The van der Waals surface area contributed by atoms with Gasteiger partial charge in [0, 0.05) is 6.08 Å². The summed E-state index contributed by atoms with van der Waals surface area (Å²) in [6, 6.07) is 3.49. The molecular weight excluding hydrogens is 323 g/mol. The molecule has 122 valence electrons. The Bertz CT molecular complexity index is 516. The zero-order valence-electron chi connectivity index (χ0n) is 13.2. The Morgan fingerprint density at radius 2 is 1.82 bits per heavy atom. The minimum Gasteiger partial charge on any atom is -0.490 e. The van der Waals surface area contributed by atoms with Crippen LogP contribution in [0, 0.1) is 0 Å². The normalized spacial score (nSPS) is 11.4. The van der Waals surface area contributed by atoms with Crippen molar-refractivity contribution in [2.24, 2.45) is 0 Å². The lowest BCUT2D eigenvalue weighted by Crippen LogP contribution is -2.01. The summed E-state index contributed by atoms with van der Waals surface area (Å²) in [5, 5.41) is 0.881. The Morgan fingerprint density at radius 3 is 2.36 bits per heavy atom. The van der Waals surface area contributed by atoms with Crippen LogP contribution in [0.15, 0.2) is 18.2 Å². The second kappa shape index (κ2) is 9.75. The van der Waals surface area contributed by atoms with Crippen LogP contribution in [0.1, 0.15) is 45.6 Å². The predicted molar refractivity (Wildman–Crippen MR) is 91.8 cm³/mol. The molecule has 0 aromatic heterocycles. The fourth-order valence-electron chi connectivity index (χ4n) is 1.90. The zero-order chi connectivity index (χ0) is 16.5. The summed E-state index contributed by atoms with van der Waals surface area (Å²) in [5.41, 5.74) is 1.50. The lowest BCUT2D eigenvalue weighted by atomic mass is 10.1. The largest absolute Gasteiger partial charge is 0.490 e. The van der Waals surface area contributed by atoms with Crippen molar-refractivity contribution in [2.75, 3.05) is 13.2 Å². The molecule has 0 aliphatic rings. The summed E-state index contributed by atoms with van der Waals surface area (Å²) in [6.07, 6.45) is 4.62. The molecule has 3 nitrogen and oxygen atoms in total. The van der Waals surface area contributed by atoms with E-state index in [0.29, 0.717) is 29.0 Å². The third-order valence-corrected chi connectivity index (χ3v) is 3.63. The van der Waals surface area contributed by atoms with E-state index in [4.69, 9.17) is 32.7 Å². The number of allylic oxidation sites excluding steroid dienone is 1. The highest BCUT2D eigenvalue weighted by atomic mass is 35.5. The lowest BCUT2D eigenvalue weighted by Gasteiger charge is -2.12. The number of rotatable bonds is 8. The molecule has 0 fully saturated rings. The van der Waals surface area contributed by atoms with Crippen molar-refractivity contribution in [3.63, 3.8) is 0 Å². The van der Waals surface area contributed by atoms with E-state index in [2.05, 4.69) is 6.92 Å². The van der Waals surface area contributed by atoms with Gasteiger partial charge in [-0.3, -0.25) is 0 Å². The van der Waals surface area contributed by atoms with E-state index in [1.807, 2.05) is 0 Å². The average Bonchev–Trinajstić information content (AvgIpc) is 2.45. The molecule has 0 bridgehead atoms. The predicted octanol–water partition coefficient (Wildman–Crippen LogP) is 5.53. The van der Waals surface area contributed by atoms with E-state index >= 15 is 0 Å². The second-order valence-corrected chi connectivity index (χ2v) is 5.72. The first-order chi connectivity index (χ1) is 10.5. The van der Waals surface area contributed by atoms with Crippen molar-refractivity contribution in [2.45, 2.75) is 40.0 Å². The van der Waals surface area contributed by atoms with Crippen molar-refractivity contribution in [1.82, 2.24) is 0 Å². The molecule has 0 aliphatic carbocycles. The van der Waals surface area contributed by atoms with Crippen LogP contribution in [-0.4, -0.2) is 19.2 Å². The number of halogens is 2. The summed E-state index contributed by atoms with van der Waals surface area (Å²) in [6.45, 7) is 6.63. The number of hydrogen-bond donors (Lipinski definition) is 0. The van der Waals surface area contributed by atoms with Crippen LogP contribution in [-0.2, 0) is 9.53 Å². The van der Waals surface area contributed by atoms with Crippen molar-refractivity contribution >= 4 is 34.7 Å². The van der Waals surface area contributed by atoms with Crippen LogP contribution >= 0.6 is 23.2 Å². The molecule has 0 saturated carbocycles. The maximum absolute atomic E-state index is 11.5. The Morgan fingerprint density at radius 1 is 1.18 bits per heavy atom. The number of ether oxygens (including phenoxy) is 2. The number of carbonyl (C=O) groups excluding carboxylic acids is 1. The summed E-state index contributed by atoms with van der Waals surface area (Å²) in [7, 11) is 0. The van der Waals surface area contributed by atoms with Crippen molar-refractivity contribution in [3.8, 4) is 5.75 Å². The van der Waals surface area contributed by atoms with Crippen molar-refractivity contribution in [3.05, 3.63) is 33.8 Å². The molecule has 0 amide bonds. The van der Waals surface area contributed by atoms with Gasteiger partial charge in [-0.1, -0.05) is 43.0 Å². The summed E-state index contributed by atoms with van der Waals surface area (Å²) in [5.74, 6) is 0.110. The third-order valence-electron chi connectivity index (χ3n) is 3.07. The van der Waals surface area contributed by atoms with Crippen LogP contribution in [0.25, 0.3) is 5.57 Å². The monoisotopic (exact) mass is 344 g/mol. The van der Waals surface area contributed by atoms with E-state index in [-0.39, 0.29) is 5.97 Å². The SMILES string of the molecule is CCCCCOc1c(Cl)cc(/C(C)=C\C(=O)OCC)cc1Cl. The molecule has 1 aromatic carbocycles. The van der Waals surface area contributed by atoms with Crippen LogP contribution in [0.3, 0.4) is 0 Å². The Kier molecular flexibility index (Phi) is 8.36. The first-order valence-electron chi connectivity index (χ1n) is 7.46. The van der Waals surface area contributed by atoms with E-state index in [1.54, 1.807) is 26.0 Å². The lowest BCUT2D eigenvalue weighted by molar-refractivity contribution is -0.137. The molecule has 0 unspecified atom stereocenters. The van der Waals surface area contributed by atoms with Gasteiger partial charge in [0.05, 0.1) is 23.3 Å². The quantitative estimate of drug-likeness (QED) is 0.353. The summed E-state index contributed by atoms with van der Waals surface area (Å²) in [4.78, 5) is 11.5. The molecule has 0 heterocycles. The number of esters is 1. The minimum atomic E-state index is -0.382. The van der Waals surface area contributed by atoms with Gasteiger partial charge in [-0.05, 0) is 43.5 Å². The van der Waals surface area contributed by atoms with Crippen molar-refractivity contribution in [1.29, 1.82) is 0 Å². The van der Waals surface area contributed by atoms with Gasteiger partial charge in [0.25, 0.3) is 0 Å². The van der Waals surface area contributed by atoms with Crippen molar-refractivity contribution < 1.29 is 14.3 Å². The molecule has 0 spiro atoms. The fourth-order valence-corrected chi connectivity index (χ4v) is 2.49. The smallest absolute Gasteiger partial charge is 0.331 e. The molecule has 22 heavy (non-hydrogen) atoms. The van der Waals surface area contributed by atoms with Crippen LogP contribution in [0.2, 0.25) is 10.0 Å². The molecule has 1 aromatic rings. The highest BCUT2D eigenvalue weighted by Gasteiger charge is 2.11. The number of benzene rings is 1. The first kappa shape index (κ1) is 18.9. The first-order valence-corrected chi connectivity index (χ1v) is 8.22. The Labute approximate surface area is 142 Å². The Balaban J connectivity index is 2.86. The summed E-state index contributed by atoms with van der Waals surface area (Å²) >= 11 is 12.5. The summed E-state index contributed by atoms with van der Waals surface area (Å²) < 4.78 is 10.5. The molecule has 0 saturated heterocycles. The number of carbonyl (C=O) groups is 1. The van der Waals surface area contributed by atoms with Gasteiger partial charge in [0.15, 0.2) is 5.75 Å². The van der Waals surface area contributed by atoms with E-state index < -0.39 is 0 Å². The molecule has 5 heteroatoms. The zero-order valence-corrected chi connectivity index (χ0v) is 14.8. The molecule has 0 radical (unpaired) electrons. The van der Waals surface area contributed by atoms with Gasteiger partial charge in [-0.2, -0.15) is 0 Å². The second-order valence-electron chi connectivity index (χ2n) is 4.90. The molecule has 1 rings (SSSR count). The molecule has 0 N–H and O–H groups in total. The topological polar surface area (TPSA) is 35.5 Å². The van der Waals surface area contributed by atoms with Gasteiger partial charge in [-0.15, -0.1) is 0 Å². The maximum Gasteiger partial charge on any atom is 0.331 e. The van der Waals surface area contributed by atoms with Gasteiger partial charge >= 0.3 is 5.97 Å². The van der Waals surface area contributed by atoms with Gasteiger partial charge < -0.3 is 9.47 Å². The molecular formula is C17H22Cl2O3. The van der Waals surface area contributed by atoms with Gasteiger partial charge in [-0.25, -0.2) is 4.79 Å². The highest BCUT2D eigenvalue weighted by Crippen LogP contribution is 2.36. The number of hydrogen-bond acceptors (Lipinski definition) is 3. The van der Waals surface area contributed by atoms with Crippen LogP contribution in [0.4, 0.5) is 0 Å². The average molecular weight is 345 g/mol. The van der Waals surface area contributed by atoms with E-state index in [9.17, 15) is 4.79 Å². The van der Waals surface area contributed by atoms with E-state index in [1.165, 1.54) is 6.08 Å². The Hall–Kier alpha value is -1.19. The van der Waals surface area contributed by atoms with Gasteiger partial charge in [0.2, 0.25) is 0 Å². The maximum atomic E-state index is 11.5. The highest BCUT2D eigenvalue weighted by molar-refractivity contribution is 6.37. The van der Waals surface area contributed by atoms with Gasteiger partial charge in [0.1, 0.15) is 0 Å². The third kappa shape index (κ3) is 5.90. The van der Waals surface area contributed by atoms with Crippen LogP contribution < -0.4 is 4.74 Å².